The second-order valence-electron chi connectivity index (χ2n) is 3.54. The average molecular weight is 299 g/mol. The van der Waals surface area contributed by atoms with E-state index in [9.17, 15) is 8.78 Å². The first kappa shape index (κ1) is 12.0. The zero-order chi connectivity index (χ0) is 12.4. The van der Waals surface area contributed by atoms with Crippen LogP contribution in [0.3, 0.4) is 0 Å². The molecule has 0 bridgehead atoms. The molecule has 0 aliphatic carbocycles. The third-order valence-corrected chi connectivity index (χ3v) is 2.73. The van der Waals surface area contributed by atoms with E-state index in [1.165, 1.54) is 12.1 Å². The Morgan fingerprint density at radius 2 is 1.94 bits per heavy atom. The predicted octanol–water partition coefficient (Wildman–Crippen LogP) is 4.17. The van der Waals surface area contributed by atoms with Crippen LogP contribution in [0.25, 0.3) is 0 Å². The monoisotopic (exact) mass is 298 g/mol. The van der Waals surface area contributed by atoms with E-state index in [0.717, 1.165) is 4.47 Å². The van der Waals surface area contributed by atoms with Crippen LogP contribution in [-0.4, -0.2) is 4.98 Å². The fourth-order valence-corrected chi connectivity index (χ4v) is 1.58. The highest BCUT2D eigenvalue weighted by molar-refractivity contribution is 9.10. The first-order valence-electron chi connectivity index (χ1n) is 4.91. The lowest BCUT2D eigenvalue weighted by molar-refractivity contribution is 0.584. The maximum Gasteiger partial charge on any atom is 0.152 e. The van der Waals surface area contributed by atoms with E-state index in [1.54, 1.807) is 25.3 Å². The number of hydrogen-bond acceptors (Lipinski definition) is 2. The molecular weight excluding hydrogens is 290 g/mol. The van der Waals surface area contributed by atoms with Gasteiger partial charge < -0.3 is 5.32 Å². The van der Waals surface area contributed by atoms with Crippen molar-refractivity contribution in [3.05, 3.63) is 52.1 Å². The standard InChI is InChI=1S/C12H9BrF2N2/c1-7-2-4-9(14)12(11(7)15)17-10-5-3-8(13)6-16-10/h2-6H,1H3,(H,16,17). The fraction of sp³-hybridized carbons (Fsp3) is 0.0833. The van der Waals surface area contributed by atoms with Crippen molar-refractivity contribution in [2.75, 3.05) is 5.32 Å². The lowest BCUT2D eigenvalue weighted by Gasteiger charge is -2.09. The molecule has 1 aromatic carbocycles. The molecule has 1 N–H and O–H groups in total. The summed E-state index contributed by atoms with van der Waals surface area (Å²) in [6.45, 7) is 1.58. The van der Waals surface area contributed by atoms with Crippen molar-refractivity contribution in [1.82, 2.24) is 4.98 Å². The van der Waals surface area contributed by atoms with Gasteiger partial charge in [0, 0.05) is 10.7 Å². The van der Waals surface area contributed by atoms with E-state index < -0.39 is 11.6 Å². The Hall–Kier alpha value is -1.49. The third kappa shape index (κ3) is 2.61. The molecular formula is C12H9BrF2N2. The number of aryl methyl sites for hydroxylation is 1. The van der Waals surface area contributed by atoms with Crippen molar-refractivity contribution in [2.24, 2.45) is 0 Å². The first-order valence-corrected chi connectivity index (χ1v) is 5.70. The van der Waals surface area contributed by atoms with Crippen LogP contribution in [0.4, 0.5) is 20.3 Å². The lowest BCUT2D eigenvalue weighted by Crippen LogP contribution is -2.00. The molecule has 0 atom stereocenters. The summed E-state index contributed by atoms with van der Waals surface area (Å²) in [5.41, 5.74) is 0.200. The van der Waals surface area contributed by atoms with Crippen molar-refractivity contribution in [3.8, 4) is 0 Å². The van der Waals surface area contributed by atoms with Crippen LogP contribution >= 0.6 is 15.9 Å². The van der Waals surface area contributed by atoms with Crippen LogP contribution in [0.5, 0.6) is 0 Å². The molecule has 1 aromatic heterocycles. The van der Waals surface area contributed by atoms with Gasteiger partial charge in [-0.15, -0.1) is 0 Å². The van der Waals surface area contributed by atoms with E-state index in [4.69, 9.17) is 0 Å². The molecule has 17 heavy (non-hydrogen) atoms. The molecule has 0 fully saturated rings. The van der Waals surface area contributed by atoms with E-state index >= 15 is 0 Å². The van der Waals surface area contributed by atoms with Crippen LogP contribution in [0.1, 0.15) is 5.56 Å². The Labute approximate surface area is 106 Å². The minimum atomic E-state index is -0.641. The summed E-state index contributed by atoms with van der Waals surface area (Å²) in [5, 5.41) is 2.63. The van der Waals surface area contributed by atoms with Crippen molar-refractivity contribution in [2.45, 2.75) is 6.92 Å². The molecule has 0 amide bonds. The van der Waals surface area contributed by atoms with Crippen LogP contribution in [-0.2, 0) is 0 Å². The molecule has 0 aliphatic heterocycles. The first-order chi connectivity index (χ1) is 8.08. The van der Waals surface area contributed by atoms with Gasteiger partial charge in [-0.1, -0.05) is 6.07 Å². The zero-order valence-corrected chi connectivity index (χ0v) is 10.6. The molecule has 0 saturated carbocycles. The van der Waals surface area contributed by atoms with Crippen LogP contribution in [0.15, 0.2) is 34.9 Å². The van der Waals surface area contributed by atoms with Gasteiger partial charge in [0.2, 0.25) is 0 Å². The molecule has 1 heterocycles. The highest BCUT2D eigenvalue weighted by Gasteiger charge is 2.11. The second kappa shape index (κ2) is 4.79. The summed E-state index contributed by atoms with van der Waals surface area (Å²) in [5.74, 6) is -0.857. The minimum absolute atomic E-state index is 0.181. The summed E-state index contributed by atoms with van der Waals surface area (Å²) in [6.07, 6.45) is 1.55. The van der Waals surface area contributed by atoms with Gasteiger partial charge in [-0.3, -0.25) is 0 Å². The number of nitrogens with zero attached hydrogens (tertiary/aromatic N) is 1. The van der Waals surface area contributed by atoms with Crippen LogP contribution < -0.4 is 5.32 Å². The third-order valence-electron chi connectivity index (χ3n) is 2.26. The minimum Gasteiger partial charge on any atom is -0.335 e. The van der Waals surface area contributed by atoms with Gasteiger partial charge in [0.1, 0.15) is 17.3 Å². The highest BCUT2D eigenvalue weighted by atomic mass is 79.9. The molecule has 2 aromatic rings. The van der Waals surface area contributed by atoms with Gasteiger partial charge in [0.05, 0.1) is 0 Å². The molecule has 2 nitrogen and oxygen atoms in total. The summed E-state index contributed by atoms with van der Waals surface area (Å²) >= 11 is 3.23. The highest BCUT2D eigenvalue weighted by Crippen LogP contribution is 2.25. The average Bonchev–Trinajstić information content (AvgIpc) is 2.32. The maximum absolute atomic E-state index is 13.7. The number of benzene rings is 1. The van der Waals surface area contributed by atoms with E-state index in [2.05, 4.69) is 26.2 Å². The zero-order valence-electron chi connectivity index (χ0n) is 8.97. The second-order valence-corrected chi connectivity index (χ2v) is 4.46. The Bertz CT molecular complexity index is 541. The van der Waals surface area contributed by atoms with Crippen LogP contribution in [0.2, 0.25) is 0 Å². The Balaban J connectivity index is 2.36. The molecule has 0 saturated heterocycles. The number of nitrogens with one attached hydrogen (secondary N) is 1. The number of rotatable bonds is 2. The SMILES string of the molecule is Cc1ccc(F)c(Nc2ccc(Br)cn2)c1F. The quantitative estimate of drug-likeness (QED) is 0.900. The Morgan fingerprint density at radius 3 is 2.59 bits per heavy atom. The predicted molar refractivity (Wildman–Crippen MR) is 66.3 cm³/mol. The summed E-state index contributed by atoms with van der Waals surface area (Å²) < 4.78 is 27.9. The van der Waals surface area contributed by atoms with Gasteiger partial charge >= 0.3 is 0 Å². The molecule has 0 spiro atoms. The van der Waals surface area contributed by atoms with Gasteiger partial charge in [0.25, 0.3) is 0 Å². The maximum atomic E-state index is 13.7. The van der Waals surface area contributed by atoms with E-state index in [-0.39, 0.29) is 5.69 Å². The van der Waals surface area contributed by atoms with E-state index in [1.807, 2.05) is 0 Å². The number of aromatic nitrogens is 1. The largest absolute Gasteiger partial charge is 0.335 e. The summed E-state index contributed by atoms with van der Waals surface area (Å²) in [6, 6.07) is 5.98. The molecule has 0 aliphatic rings. The Kier molecular flexibility index (Phi) is 3.38. The van der Waals surface area contributed by atoms with Gasteiger partial charge in [0.15, 0.2) is 5.82 Å². The van der Waals surface area contributed by atoms with Crippen molar-refractivity contribution < 1.29 is 8.78 Å². The smallest absolute Gasteiger partial charge is 0.152 e. The van der Waals surface area contributed by atoms with Crippen LogP contribution in [0, 0.1) is 18.6 Å². The number of pyridine rings is 1. The van der Waals surface area contributed by atoms with Crippen molar-refractivity contribution in [3.63, 3.8) is 0 Å². The molecule has 5 heteroatoms. The number of hydrogen-bond donors (Lipinski definition) is 1. The molecule has 88 valence electrons. The summed E-state index contributed by atoms with van der Waals surface area (Å²) in [7, 11) is 0. The van der Waals surface area contributed by atoms with Gasteiger partial charge in [-0.25, -0.2) is 13.8 Å². The summed E-state index contributed by atoms with van der Waals surface area (Å²) in [4.78, 5) is 3.99. The molecule has 2 rings (SSSR count). The fourth-order valence-electron chi connectivity index (χ4n) is 1.35. The Morgan fingerprint density at radius 1 is 1.18 bits per heavy atom. The van der Waals surface area contributed by atoms with Gasteiger partial charge in [-0.05, 0) is 46.6 Å². The van der Waals surface area contributed by atoms with E-state index in [0.29, 0.717) is 11.4 Å². The van der Waals surface area contributed by atoms with Crippen molar-refractivity contribution in [1.29, 1.82) is 0 Å². The number of anilines is 2. The van der Waals surface area contributed by atoms with Crippen molar-refractivity contribution >= 4 is 27.4 Å². The normalized spacial score (nSPS) is 10.4. The topological polar surface area (TPSA) is 24.9 Å². The molecule has 0 radical (unpaired) electrons. The van der Waals surface area contributed by atoms with Gasteiger partial charge in [-0.2, -0.15) is 0 Å². The number of halogens is 3. The molecule has 0 unspecified atom stereocenters. The lowest BCUT2D eigenvalue weighted by atomic mass is 10.2.